The maximum absolute atomic E-state index is 11.7. The number of hydrogen-bond acceptors (Lipinski definition) is 3. The highest BCUT2D eigenvalue weighted by Gasteiger charge is 2.25. The Morgan fingerprint density at radius 1 is 1.32 bits per heavy atom. The standard InChI is InChI=1S/C15H19NO3/c1-4-11-7-13(9(2)17)14(16-10(3)18)8-15(11)19-12-5-6-12/h7-8,12H,4-6H2,1-3H3,(H,16,18). The molecule has 1 N–H and O–H groups in total. The zero-order valence-corrected chi connectivity index (χ0v) is 11.6. The summed E-state index contributed by atoms with van der Waals surface area (Å²) in [6.45, 7) is 4.96. The van der Waals surface area contributed by atoms with E-state index in [1.807, 2.05) is 13.0 Å². The Hall–Kier alpha value is -1.84. The molecule has 0 spiro atoms. The van der Waals surface area contributed by atoms with Crippen LogP contribution in [0.4, 0.5) is 5.69 Å². The first kappa shape index (κ1) is 13.6. The van der Waals surface area contributed by atoms with Gasteiger partial charge in [0, 0.05) is 18.6 Å². The highest BCUT2D eigenvalue weighted by atomic mass is 16.5. The van der Waals surface area contributed by atoms with E-state index in [0.29, 0.717) is 17.4 Å². The average molecular weight is 261 g/mol. The van der Waals surface area contributed by atoms with Gasteiger partial charge in [-0.1, -0.05) is 6.92 Å². The van der Waals surface area contributed by atoms with Crippen molar-refractivity contribution in [1.29, 1.82) is 0 Å². The van der Waals surface area contributed by atoms with Gasteiger partial charge in [0.05, 0.1) is 11.8 Å². The summed E-state index contributed by atoms with van der Waals surface area (Å²) >= 11 is 0. The Morgan fingerprint density at radius 3 is 2.47 bits per heavy atom. The molecule has 2 rings (SSSR count). The van der Waals surface area contributed by atoms with Crippen molar-refractivity contribution in [2.45, 2.75) is 46.1 Å². The maximum atomic E-state index is 11.7. The zero-order chi connectivity index (χ0) is 14.0. The van der Waals surface area contributed by atoms with Crippen molar-refractivity contribution in [3.05, 3.63) is 23.3 Å². The third-order valence-electron chi connectivity index (χ3n) is 3.09. The molecule has 1 aliphatic carbocycles. The van der Waals surface area contributed by atoms with Gasteiger partial charge in [-0.05, 0) is 37.8 Å². The fraction of sp³-hybridized carbons (Fsp3) is 0.467. The second-order valence-corrected chi connectivity index (χ2v) is 4.91. The van der Waals surface area contributed by atoms with E-state index in [1.54, 1.807) is 6.07 Å². The van der Waals surface area contributed by atoms with Crippen LogP contribution in [0.1, 0.15) is 49.5 Å². The molecule has 1 amide bonds. The second-order valence-electron chi connectivity index (χ2n) is 4.91. The summed E-state index contributed by atoms with van der Waals surface area (Å²) < 4.78 is 5.84. The number of amides is 1. The van der Waals surface area contributed by atoms with Crippen LogP contribution in [0, 0.1) is 0 Å². The van der Waals surface area contributed by atoms with E-state index in [1.165, 1.54) is 13.8 Å². The molecule has 0 bridgehead atoms. The van der Waals surface area contributed by atoms with Crippen LogP contribution in [-0.4, -0.2) is 17.8 Å². The van der Waals surface area contributed by atoms with Gasteiger partial charge in [0.15, 0.2) is 5.78 Å². The summed E-state index contributed by atoms with van der Waals surface area (Å²) in [4.78, 5) is 22.9. The zero-order valence-electron chi connectivity index (χ0n) is 11.6. The number of rotatable bonds is 5. The van der Waals surface area contributed by atoms with Gasteiger partial charge in [0.2, 0.25) is 5.91 Å². The molecule has 19 heavy (non-hydrogen) atoms. The van der Waals surface area contributed by atoms with Crippen molar-refractivity contribution in [2.24, 2.45) is 0 Å². The number of benzene rings is 1. The molecule has 0 radical (unpaired) electrons. The molecule has 1 fully saturated rings. The number of nitrogens with one attached hydrogen (secondary N) is 1. The molecule has 1 aliphatic rings. The van der Waals surface area contributed by atoms with Crippen molar-refractivity contribution in [3.63, 3.8) is 0 Å². The molecule has 0 unspecified atom stereocenters. The van der Waals surface area contributed by atoms with E-state index in [9.17, 15) is 9.59 Å². The first-order valence-electron chi connectivity index (χ1n) is 6.63. The van der Waals surface area contributed by atoms with Crippen LogP contribution in [-0.2, 0) is 11.2 Å². The van der Waals surface area contributed by atoms with Crippen molar-refractivity contribution in [3.8, 4) is 5.75 Å². The highest BCUT2D eigenvalue weighted by Crippen LogP contribution is 2.33. The molecule has 4 heteroatoms. The van der Waals surface area contributed by atoms with Gasteiger partial charge in [-0.15, -0.1) is 0 Å². The molecule has 0 saturated heterocycles. The van der Waals surface area contributed by atoms with Crippen LogP contribution in [0.2, 0.25) is 0 Å². The Kier molecular flexibility index (Phi) is 3.88. The number of aryl methyl sites for hydroxylation is 1. The number of anilines is 1. The van der Waals surface area contributed by atoms with E-state index >= 15 is 0 Å². The smallest absolute Gasteiger partial charge is 0.221 e. The quantitative estimate of drug-likeness (QED) is 0.829. The largest absolute Gasteiger partial charge is 0.490 e. The van der Waals surface area contributed by atoms with Gasteiger partial charge in [0.25, 0.3) is 0 Å². The van der Waals surface area contributed by atoms with Crippen LogP contribution in [0.5, 0.6) is 5.75 Å². The first-order valence-corrected chi connectivity index (χ1v) is 6.63. The fourth-order valence-corrected chi connectivity index (χ4v) is 1.96. The van der Waals surface area contributed by atoms with Crippen molar-refractivity contribution in [1.82, 2.24) is 0 Å². The lowest BCUT2D eigenvalue weighted by atomic mass is 10.0. The Bertz CT molecular complexity index is 518. The van der Waals surface area contributed by atoms with Crippen molar-refractivity contribution >= 4 is 17.4 Å². The average Bonchev–Trinajstić information content (AvgIpc) is 3.12. The lowest BCUT2D eigenvalue weighted by Crippen LogP contribution is -2.11. The third-order valence-corrected chi connectivity index (χ3v) is 3.09. The van der Waals surface area contributed by atoms with E-state index in [4.69, 9.17) is 4.74 Å². The maximum Gasteiger partial charge on any atom is 0.221 e. The van der Waals surface area contributed by atoms with Gasteiger partial charge in [-0.25, -0.2) is 0 Å². The van der Waals surface area contributed by atoms with E-state index in [-0.39, 0.29) is 11.7 Å². The van der Waals surface area contributed by atoms with Gasteiger partial charge < -0.3 is 10.1 Å². The summed E-state index contributed by atoms with van der Waals surface area (Å²) in [6, 6.07) is 3.60. The predicted octanol–water partition coefficient (Wildman–Crippen LogP) is 2.95. The first-order chi connectivity index (χ1) is 9.01. The molecule has 102 valence electrons. The minimum Gasteiger partial charge on any atom is -0.490 e. The molecular formula is C15H19NO3. The predicted molar refractivity (Wildman–Crippen MR) is 73.8 cm³/mol. The summed E-state index contributed by atoms with van der Waals surface area (Å²) in [5, 5.41) is 2.70. The van der Waals surface area contributed by atoms with Crippen LogP contribution >= 0.6 is 0 Å². The van der Waals surface area contributed by atoms with Gasteiger partial charge in [-0.2, -0.15) is 0 Å². The Labute approximate surface area is 113 Å². The Balaban J connectivity index is 2.42. The number of ketones is 1. The number of Topliss-reactive ketones (excluding diaryl/α,β-unsaturated/α-hetero) is 1. The number of hydrogen-bond donors (Lipinski definition) is 1. The van der Waals surface area contributed by atoms with Crippen LogP contribution in [0.15, 0.2) is 12.1 Å². The van der Waals surface area contributed by atoms with Crippen LogP contribution in [0.3, 0.4) is 0 Å². The van der Waals surface area contributed by atoms with Crippen molar-refractivity contribution in [2.75, 3.05) is 5.32 Å². The molecule has 0 atom stereocenters. The molecule has 1 saturated carbocycles. The monoisotopic (exact) mass is 261 g/mol. The number of carbonyl (C=O) groups is 2. The van der Waals surface area contributed by atoms with Crippen LogP contribution < -0.4 is 10.1 Å². The minimum atomic E-state index is -0.191. The van der Waals surface area contributed by atoms with Crippen molar-refractivity contribution < 1.29 is 14.3 Å². The summed E-state index contributed by atoms with van der Waals surface area (Å²) in [6.07, 6.45) is 3.24. The molecule has 0 heterocycles. The van der Waals surface area contributed by atoms with Crippen LogP contribution in [0.25, 0.3) is 0 Å². The molecule has 1 aromatic rings. The molecular weight excluding hydrogens is 242 g/mol. The SMILES string of the molecule is CCc1cc(C(C)=O)c(NC(C)=O)cc1OC1CC1. The number of carbonyl (C=O) groups excluding carboxylic acids is 2. The summed E-state index contributed by atoms with van der Waals surface area (Å²) in [7, 11) is 0. The van der Waals surface area contributed by atoms with E-state index < -0.39 is 0 Å². The molecule has 4 nitrogen and oxygen atoms in total. The third kappa shape index (κ3) is 3.34. The van der Waals surface area contributed by atoms with E-state index in [0.717, 1.165) is 30.6 Å². The molecule has 0 aliphatic heterocycles. The van der Waals surface area contributed by atoms with Gasteiger partial charge >= 0.3 is 0 Å². The second kappa shape index (κ2) is 5.43. The molecule has 1 aromatic carbocycles. The normalized spacial score (nSPS) is 14.1. The summed E-state index contributed by atoms with van der Waals surface area (Å²) in [5.41, 5.74) is 2.08. The topological polar surface area (TPSA) is 55.4 Å². The lowest BCUT2D eigenvalue weighted by molar-refractivity contribution is -0.114. The molecule has 0 aromatic heterocycles. The fourth-order valence-electron chi connectivity index (χ4n) is 1.96. The van der Waals surface area contributed by atoms with Gasteiger partial charge in [-0.3, -0.25) is 9.59 Å². The highest BCUT2D eigenvalue weighted by molar-refractivity contribution is 6.03. The number of ether oxygens (including phenoxy) is 1. The summed E-state index contributed by atoms with van der Waals surface area (Å²) in [5.74, 6) is 0.527. The Morgan fingerprint density at radius 2 is 2.00 bits per heavy atom. The lowest BCUT2D eigenvalue weighted by Gasteiger charge is -2.15. The minimum absolute atomic E-state index is 0.0589. The van der Waals surface area contributed by atoms with E-state index in [2.05, 4.69) is 5.32 Å². The van der Waals surface area contributed by atoms with Gasteiger partial charge in [0.1, 0.15) is 5.75 Å².